The van der Waals surface area contributed by atoms with E-state index in [1.807, 2.05) is 12.1 Å². The zero-order valence-corrected chi connectivity index (χ0v) is 10.6. The number of hydrogen-bond acceptors (Lipinski definition) is 3. The van der Waals surface area contributed by atoms with Crippen LogP contribution in [0, 0.1) is 5.92 Å². The number of anilines is 2. The van der Waals surface area contributed by atoms with Crippen LogP contribution in [0.2, 0.25) is 0 Å². The molecule has 2 rings (SSSR count). The molecule has 1 fully saturated rings. The fourth-order valence-corrected chi connectivity index (χ4v) is 2.40. The Morgan fingerprint density at radius 2 is 2.00 bits per heavy atom. The lowest BCUT2D eigenvalue weighted by Gasteiger charge is -2.34. The standard InChI is InChI=1S/C14H22N2O/c1-2-17-11-12-7-9-16(10-8-12)14-6-4-3-5-13(14)15/h3-6,12H,2,7-11,15H2,1H3. The van der Waals surface area contributed by atoms with Crippen molar-refractivity contribution in [2.24, 2.45) is 5.92 Å². The first kappa shape index (κ1) is 12.2. The third-order valence-electron chi connectivity index (χ3n) is 3.45. The number of benzene rings is 1. The van der Waals surface area contributed by atoms with E-state index in [1.165, 1.54) is 18.5 Å². The highest BCUT2D eigenvalue weighted by molar-refractivity contribution is 5.67. The molecule has 2 N–H and O–H groups in total. The van der Waals surface area contributed by atoms with E-state index in [2.05, 4.69) is 24.0 Å². The van der Waals surface area contributed by atoms with Crippen LogP contribution in [0.1, 0.15) is 19.8 Å². The Morgan fingerprint density at radius 1 is 1.29 bits per heavy atom. The molecule has 0 radical (unpaired) electrons. The van der Waals surface area contributed by atoms with Gasteiger partial charge in [-0.2, -0.15) is 0 Å². The molecule has 0 bridgehead atoms. The van der Waals surface area contributed by atoms with Gasteiger partial charge in [0.2, 0.25) is 0 Å². The number of nitrogens with zero attached hydrogens (tertiary/aromatic N) is 1. The van der Waals surface area contributed by atoms with Crippen molar-refractivity contribution in [2.75, 3.05) is 36.9 Å². The SMILES string of the molecule is CCOCC1CCN(c2ccccc2N)CC1. The maximum absolute atomic E-state index is 6.00. The molecule has 94 valence electrons. The molecule has 1 saturated heterocycles. The van der Waals surface area contributed by atoms with Crippen molar-refractivity contribution in [3.8, 4) is 0 Å². The van der Waals surface area contributed by atoms with Crippen LogP contribution in [-0.2, 0) is 4.74 Å². The Morgan fingerprint density at radius 3 is 2.65 bits per heavy atom. The fourth-order valence-electron chi connectivity index (χ4n) is 2.40. The smallest absolute Gasteiger partial charge is 0.0599 e. The number of ether oxygens (including phenoxy) is 1. The predicted molar refractivity (Wildman–Crippen MR) is 72.3 cm³/mol. The summed E-state index contributed by atoms with van der Waals surface area (Å²) in [6.07, 6.45) is 2.41. The Bertz CT molecular complexity index is 346. The molecule has 0 saturated carbocycles. The van der Waals surface area contributed by atoms with E-state index in [1.54, 1.807) is 0 Å². The Hall–Kier alpha value is -1.22. The average molecular weight is 234 g/mol. The number of piperidine rings is 1. The molecule has 1 aliphatic rings. The van der Waals surface area contributed by atoms with Crippen molar-refractivity contribution in [1.82, 2.24) is 0 Å². The molecule has 1 heterocycles. The van der Waals surface area contributed by atoms with Crippen molar-refractivity contribution < 1.29 is 4.74 Å². The van der Waals surface area contributed by atoms with Gasteiger partial charge in [-0.25, -0.2) is 0 Å². The first-order chi connectivity index (χ1) is 8.31. The minimum absolute atomic E-state index is 0.719. The van der Waals surface area contributed by atoms with Crippen molar-refractivity contribution in [3.63, 3.8) is 0 Å². The number of hydrogen-bond donors (Lipinski definition) is 1. The molecule has 0 atom stereocenters. The van der Waals surface area contributed by atoms with Crippen LogP contribution in [0.25, 0.3) is 0 Å². The van der Waals surface area contributed by atoms with Gasteiger partial charge >= 0.3 is 0 Å². The largest absolute Gasteiger partial charge is 0.397 e. The molecule has 1 aliphatic heterocycles. The van der Waals surface area contributed by atoms with Crippen LogP contribution in [0.3, 0.4) is 0 Å². The van der Waals surface area contributed by atoms with Crippen LogP contribution < -0.4 is 10.6 Å². The second kappa shape index (κ2) is 5.92. The number of nitrogen functional groups attached to an aromatic ring is 1. The lowest BCUT2D eigenvalue weighted by Crippen LogP contribution is -2.35. The van der Waals surface area contributed by atoms with E-state index < -0.39 is 0 Å². The molecule has 0 unspecified atom stereocenters. The number of rotatable bonds is 4. The summed E-state index contributed by atoms with van der Waals surface area (Å²) >= 11 is 0. The first-order valence-corrected chi connectivity index (χ1v) is 6.48. The molecule has 3 nitrogen and oxygen atoms in total. The van der Waals surface area contributed by atoms with Crippen LogP contribution >= 0.6 is 0 Å². The van der Waals surface area contributed by atoms with Gasteiger partial charge in [0.25, 0.3) is 0 Å². The van der Waals surface area contributed by atoms with E-state index in [-0.39, 0.29) is 0 Å². The average Bonchev–Trinajstić information content (AvgIpc) is 2.38. The monoisotopic (exact) mass is 234 g/mol. The summed E-state index contributed by atoms with van der Waals surface area (Å²) in [5.74, 6) is 0.719. The molecule has 0 spiro atoms. The normalized spacial score (nSPS) is 17.4. The Labute approximate surface area is 104 Å². The Balaban J connectivity index is 1.89. The first-order valence-electron chi connectivity index (χ1n) is 6.48. The minimum atomic E-state index is 0.719. The van der Waals surface area contributed by atoms with Crippen molar-refractivity contribution in [1.29, 1.82) is 0 Å². The van der Waals surface area contributed by atoms with Gasteiger partial charge < -0.3 is 15.4 Å². The third kappa shape index (κ3) is 3.13. The summed E-state index contributed by atoms with van der Waals surface area (Å²) in [6, 6.07) is 8.12. The molecule has 1 aromatic carbocycles. The van der Waals surface area contributed by atoms with Crippen LogP contribution in [-0.4, -0.2) is 26.3 Å². The van der Waals surface area contributed by atoms with Gasteiger partial charge in [0.15, 0.2) is 0 Å². The lowest BCUT2D eigenvalue weighted by atomic mass is 9.97. The molecule has 0 amide bonds. The van der Waals surface area contributed by atoms with Gasteiger partial charge in [-0.1, -0.05) is 12.1 Å². The van der Waals surface area contributed by atoms with Crippen LogP contribution in [0.5, 0.6) is 0 Å². The molecule has 0 aromatic heterocycles. The molecular formula is C14H22N2O. The van der Waals surface area contributed by atoms with Crippen molar-refractivity contribution in [3.05, 3.63) is 24.3 Å². The maximum Gasteiger partial charge on any atom is 0.0599 e. The number of nitrogens with two attached hydrogens (primary N) is 1. The summed E-state index contributed by atoms with van der Waals surface area (Å²) in [4.78, 5) is 2.39. The highest BCUT2D eigenvalue weighted by Crippen LogP contribution is 2.27. The van der Waals surface area contributed by atoms with Gasteiger partial charge in [-0.3, -0.25) is 0 Å². The summed E-state index contributed by atoms with van der Waals surface area (Å²) in [5.41, 5.74) is 8.07. The minimum Gasteiger partial charge on any atom is -0.397 e. The fraction of sp³-hybridized carbons (Fsp3) is 0.571. The van der Waals surface area contributed by atoms with E-state index in [0.29, 0.717) is 0 Å². The zero-order valence-electron chi connectivity index (χ0n) is 10.6. The summed E-state index contributed by atoms with van der Waals surface area (Å²) < 4.78 is 5.49. The second-order valence-corrected chi connectivity index (χ2v) is 4.65. The highest BCUT2D eigenvalue weighted by Gasteiger charge is 2.20. The van der Waals surface area contributed by atoms with Gasteiger partial charge in [0.05, 0.1) is 11.4 Å². The Kier molecular flexibility index (Phi) is 4.26. The highest BCUT2D eigenvalue weighted by atomic mass is 16.5. The summed E-state index contributed by atoms with van der Waals surface area (Å²) in [7, 11) is 0. The van der Waals surface area contributed by atoms with Crippen LogP contribution in [0.15, 0.2) is 24.3 Å². The predicted octanol–water partition coefficient (Wildman–Crippen LogP) is 2.52. The van der Waals surface area contributed by atoms with E-state index in [9.17, 15) is 0 Å². The van der Waals surface area contributed by atoms with Gasteiger partial charge in [0.1, 0.15) is 0 Å². The van der Waals surface area contributed by atoms with E-state index in [0.717, 1.165) is 37.9 Å². The topological polar surface area (TPSA) is 38.5 Å². The van der Waals surface area contributed by atoms with Crippen LogP contribution in [0.4, 0.5) is 11.4 Å². The van der Waals surface area contributed by atoms with Gasteiger partial charge in [0, 0.05) is 26.3 Å². The van der Waals surface area contributed by atoms with Gasteiger partial charge in [-0.15, -0.1) is 0 Å². The molecule has 3 heteroatoms. The van der Waals surface area contributed by atoms with Gasteiger partial charge in [-0.05, 0) is 37.8 Å². The van der Waals surface area contributed by atoms with E-state index in [4.69, 9.17) is 10.5 Å². The zero-order chi connectivity index (χ0) is 12.1. The molecular weight excluding hydrogens is 212 g/mol. The molecule has 1 aromatic rings. The summed E-state index contributed by atoms with van der Waals surface area (Å²) in [5, 5.41) is 0. The quantitative estimate of drug-likeness (QED) is 0.814. The van der Waals surface area contributed by atoms with E-state index >= 15 is 0 Å². The summed E-state index contributed by atoms with van der Waals surface area (Å²) in [6.45, 7) is 5.97. The number of para-hydroxylation sites is 2. The maximum atomic E-state index is 6.00. The van der Waals surface area contributed by atoms with Crippen molar-refractivity contribution >= 4 is 11.4 Å². The third-order valence-corrected chi connectivity index (χ3v) is 3.45. The lowest BCUT2D eigenvalue weighted by molar-refractivity contribution is 0.100. The van der Waals surface area contributed by atoms with Crippen molar-refractivity contribution in [2.45, 2.75) is 19.8 Å². The second-order valence-electron chi connectivity index (χ2n) is 4.65. The molecule has 17 heavy (non-hydrogen) atoms. The molecule has 0 aliphatic carbocycles.